The van der Waals surface area contributed by atoms with Gasteiger partial charge in [0, 0.05) is 31.2 Å². The summed E-state index contributed by atoms with van der Waals surface area (Å²) >= 11 is 12.1. The van der Waals surface area contributed by atoms with E-state index in [2.05, 4.69) is 20.2 Å². The molecule has 3 heterocycles. The Hall–Kier alpha value is -1.89. The van der Waals surface area contributed by atoms with Crippen LogP contribution < -0.4 is 5.32 Å². The fourth-order valence-corrected chi connectivity index (χ4v) is 4.69. The number of rotatable bonds is 5. The van der Waals surface area contributed by atoms with Crippen LogP contribution in [0.3, 0.4) is 0 Å². The Morgan fingerprint density at radius 3 is 2.53 bits per heavy atom. The van der Waals surface area contributed by atoms with Crippen molar-refractivity contribution < 1.29 is 4.79 Å². The normalized spacial score (nSPS) is 18.0. The van der Waals surface area contributed by atoms with Gasteiger partial charge in [0.25, 0.3) is 5.91 Å². The molecule has 30 heavy (non-hydrogen) atoms. The Bertz CT molecular complexity index is 908. The molecule has 4 rings (SSSR count). The first-order valence-electron chi connectivity index (χ1n) is 10.6. The highest BCUT2D eigenvalue weighted by atomic mass is 35.5. The van der Waals surface area contributed by atoms with Crippen molar-refractivity contribution in [1.29, 1.82) is 0 Å². The lowest BCUT2D eigenvalue weighted by Crippen LogP contribution is -2.46. The van der Waals surface area contributed by atoms with Crippen molar-refractivity contribution in [3.8, 4) is 0 Å². The van der Waals surface area contributed by atoms with Gasteiger partial charge in [-0.05, 0) is 63.4 Å². The molecule has 2 fully saturated rings. The number of carbonyl (C=O) groups excluding carboxylic acids is 1. The highest BCUT2D eigenvalue weighted by Crippen LogP contribution is 2.25. The predicted molar refractivity (Wildman–Crippen MR) is 120 cm³/mol. The molecule has 0 unspecified atom stereocenters. The summed E-state index contributed by atoms with van der Waals surface area (Å²) in [4.78, 5) is 26.3. The number of hydrogen-bond donors (Lipinski definition) is 1. The van der Waals surface area contributed by atoms with E-state index in [9.17, 15) is 4.79 Å². The summed E-state index contributed by atoms with van der Waals surface area (Å²) in [6, 6.07) is 6.12. The zero-order valence-corrected chi connectivity index (χ0v) is 18.7. The highest BCUT2D eigenvalue weighted by molar-refractivity contribution is 6.42. The first-order chi connectivity index (χ1) is 14.5. The zero-order chi connectivity index (χ0) is 21.1. The van der Waals surface area contributed by atoms with Gasteiger partial charge in [-0.3, -0.25) is 4.79 Å². The average Bonchev–Trinajstić information content (AvgIpc) is 3.30. The van der Waals surface area contributed by atoms with Crippen LogP contribution in [0.1, 0.15) is 47.3 Å². The molecular weight excluding hydrogens is 421 g/mol. The third-order valence-corrected chi connectivity index (χ3v) is 6.88. The number of likely N-dealkylation sites (tertiary alicyclic amines) is 2. The van der Waals surface area contributed by atoms with Crippen molar-refractivity contribution in [2.75, 3.05) is 31.5 Å². The van der Waals surface area contributed by atoms with Crippen molar-refractivity contribution in [3.63, 3.8) is 0 Å². The maximum absolute atomic E-state index is 13.1. The second-order valence-electron chi connectivity index (χ2n) is 8.06. The third-order valence-electron chi connectivity index (χ3n) is 6.14. The summed E-state index contributed by atoms with van der Waals surface area (Å²) in [5.74, 6) is 0.652. The van der Waals surface area contributed by atoms with Crippen molar-refractivity contribution in [3.05, 3.63) is 51.4 Å². The van der Waals surface area contributed by atoms with E-state index >= 15 is 0 Å². The van der Waals surface area contributed by atoms with Crippen LogP contribution in [0.5, 0.6) is 0 Å². The van der Waals surface area contributed by atoms with E-state index in [-0.39, 0.29) is 5.91 Å². The van der Waals surface area contributed by atoms with Gasteiger partial charge >= 0.3 is 0 Å². The summed E-state index contributed by atoms with van der Waals surface area (Å²) < 4.78 is 0. The molecule has 0 bridgehead atoms. The van der Waals surface area contributed by atoms with Crippen LogP contribution in [0.4, 0.5) is 5.82 Å². The van der Waals surface area contributed by atoms with Gasteiger partial charge in [0.2, 0.25) is 0 Å². The highest BCUT2D eigenvalue weighted by Gasteiger charge is 2.30. The van der Waals surface area contributed by atoms with Crippen molar-refractivity contribution >= 4 is 34.9 Å². The molecule has 1 aromatic heterocycles. The summed E-state index contributed by atoms with van der Waals surface area (Å²) in [5.41, 5.74) is 2.23. The minimum absolute atomic E-state index is 0.00707. The van der Waals surface area contributed by atoms with Gasteiger partial charge in [0.1, 0.15) is 17.8 Å². The monoisotopic (exact) mass is 447 g/mol. The van der Waals surface area contributed by atoms with Gasteiger partial charge < -0.3 is 15.1 Å². The Balaban J connectivity index is 1.39. The molecule has 2 saturated heterocycles. The first kappa shape index (κ1) is 21.3. The first-order valence-corrected chi connectivity index (χ1v) is 11.3. The van der Waals surface area contributed by atoms with Gasteiger partial charge in [0.05, 0.1) is 10.0 Å². The lowest BCUT2D eigenvalue weighted by molar-refractivity contribution is 0.0638. The van der Waals surface area contributed by atoms with Crippen LogP contribution in [-0.4, -0.2) is 57.9 Å². The topological polar surface area (TPSA) is 61.4 Å². The maximum atomic E-state index is 13.1. The van der Waals surface area contributed by atoms with Gasteiger partial charge in [-0.25, -0.2) is 9.97 Å². The number of halogens is 2. The Morgan fingerprint density at radius 1 is 1.10 bits per heavy atom. The van der Waals surface area contributed by atoms with Gasteiger partial charge in [-0.2, -0.15) is 0 Å². The van der Waals surface area contributed by atoms with E-state index in [0.717, 1.165) is 37.1 Å². The number of nitrogens with one attached hydrogen (secondary N) is 1. The fourth-order valence-electron chi connectivity index (χ4n) is 4.37. The van der Waals surface area contributed by atoms with E-state index in [1.807, 2.05) is 24.0 Å². The molecule has 0 saturated carbocycles. The SMILES string of the molecule is Cc1c(NCc2ccc(Cl)c(Cl)c2)ncnc1C(=O)N1CCC(N2CCCC2)CC1. The van der Waals surface area contributed by atoms with E-state index in [4.69, 9.17) is 23.2 Å². The summed E-state index contributed by atoms with van der Waals surface area (Å²) in [6.07, 6.45) is 6.14. The smallest absolute Gasteiger partial charge is 0.272 e. The van der Waals surface area contributed by atoms with Crippen molar-refractivity contribution in [1.82, 2.24) is 19.8 Å². The molecule has 2 aliphatic rings. The molecule has 6 nitrogen and oxygen atoms in total. The number of aromatic nitrogens is 2. The van der Waals surface area contributed by atoms with E-state index in [1.54, 1.807) is 6.07 Å². The Labute approximate surface area is 187 Å². The molecule has 0 aliphatic carbocycles. The number of carbonyl (C=O) groups is 1. The lowest BCUT2D eigenvalue weighted by Gasteiger charge is -2.36. The van der Waals surface area contributed by atoms with Crippen LogP contribution in [-0.2, 0) is 6.54 Å². The number of hydrogen-bond acceptors (Lipinski definition) is 5. The number of anilines is 1. The standard InChI is InChI=1S/C22H27Cl2N5O/c1-15-20(22(30)29-10-6-17(7-11-29)28-8-2-3-9-28)26-14-27-21(15)25-13-16-4-5-18(23)19(24)12-16/h4-5,12,14,17H,2-3,6-11,13H2,1H3,(H,25,26,27). The minimum atomic E-state index is -0.00707. The number of amides is 1. The molecule has 0 spiro atoms. The molecule has 1 amide bonds. The second-order valence-corrected chi connectivity index (χ2v) is 8.88. The Morgan fingerprint density at radius 2 is 1.83 bits per heavy atom. The molecule has 2 aromatic rings. The fraction of sp³-hybridized carbons (Fsp3) is 0.500. The van der Waals surface area contributed by atoms with Crippen molar-refractivity contribution in [2.45, 2.75) is 45.2 Å². The van der Waals surface area contributed by atoms with Crippen molar-refractivity contribution in [2.24, 2.45) is 0 Å². The van der Waals surface area contributed by atoms with Crippen LogP contribution in [0.25, 0.3) is 0 Å². The molecule has 0 radical (unpaired) electrons. The van der Waals surface area contributed by atoms with E-state index in [1.165, 1.54) is 32.3 Å². The average molecular weight is 448 g/mol. The lowest BCUT2D eigenvalue weighted by atomic mass is 10.0. The van der Waals surface area contributed by atoms with Gasteiger partial charge in [0.15, 0.2) is 0 Å². The summed E-state index contributed by atoms with van der Waals surface area (Å²) in [7, 11) is 0. The maximum Gasteiger partial charge on any atom is 0.272 e. The number of piperidine rings is 1. The van der Waals surface area contributed by atoms with Crippen LogP contribution in [0.2, 0.25) is 10.0 Å². The van der Waals surface area contributed by atoms with Crippen LogP contribution in [0.15, 0.2) is 24.5 Å². The summed E-state index contributed by atoms with van der Waals surface area (Å²) in [5, 5.41) is 4.33. The van der Waals surface area contributed by atoms with Crippen LogP contribution in [0, 0.1) is 6.92 Å². The molecule has 8 heteroatoms. The molecular formula is C22H27Cl2N5O. The second kappa shape index (κ2) is 9.50. The largest absolute Gasteiger partial charge is 0.366 e. The van der Waals surface area contributed by atoms with Gasteiger partial charge in [-0.15, -0.1) is 0 Å². The van der Waals surface area contributed by atoms with E-state index in [0.29, 0.717) is 34.1 Å². The number of nitrogens with zero attached hydrogens (tertiary/aromatic N) is 4. The molecule has 160 valence electrons. The molecule has 0 atom stereocenters. The van der Waals surface area contributed by atoms with Gasteiger partial charge in [-0.1, -0.05) is 29.3 Å². The number of benzene rings is 1. The Kier molecular flexibility index (Phi) is 6.76. The molecule has 1 aromatic carbocycles. The van der Waals surface area contributed by atoms with E-state index < -0.39 is 0 Å². The molecule has 1 N–H and O–H groups in total. The third kappa shape index (κ3) is 4.71. The minimum Gasteiger partial charge on any atom is -0.366 e. The predicted octanol–water partition coefficient (Wildman–Crippen LogP) is 4.40. The zero-order valence-electron chi connectivity index (χ0n) is 17.2. The quantitative estimate of drug-likeness (QED) is 0.735. The molecule has 2 aliphatic heterocycles. The van der Waals surface area contributed by atoms with Crippen LogP contribution >= 0.6 is 23.2 Å². The summed E-state index contributed by atoms with van der Waals surface area (Å²) in [6.45, 7) is 6.41.